The second-order valence-corrected chi connectivity index (χ2v) is 4.87. The second kappa shape index (κ2) is 7.48. The van der Waals surface area contributed by atoms with Crippen LogP contribution in [0.4, 0.5) is 5.69 Å². The van der Waals surface area contributed by atoms with Crippen molar-refractivity contribution in [2.24, 2.45) is 0 Å². The zero-order valence-electron chi connectivity index (χ0n) is 12.6. The van der Waals surface area contributed by atoms with Gasteiger partial charge in [-0.25, -0.2) is 0 Å². The third-order valence-electron chi connectivity index (χ3n) is 3.55. The van der Waals surface area contributed by atoms with Gasteiger partial charge < -0.3 is 9.64 Å². The van der Waals surface area contributed by atoms with E-state index in [9.17, 15) is 4.79 Å². The van der Waals surface area contributed by atoms with Crippen LogP contribution in [0.3, 0.4) is 0 Å². The molecule has 3 nitrogen and oxygen atoms in total. The monoisotopic (exact) mass is 283 g/mol. The molecule has 0 aliphatic rings. The van der Waals surface area contributed by atoms with Gasteiger partial charge in [0.15, 0.2) is 0 Å². The zero-order valence-corrected chi connectivity index (χ0v) is 12.6. The first-order valence-corrected chi connectivity index (χ1v) is 7.18. The van der Waals surface area contributed by atoms with Gasteiger partial charge >= 0.3 is 5.97 Å². The second-order valence-electron chi connectivity index (χ2n) is 4.87. The van der Waals surface area contributed by atoms with E-state index >= 15 is 0 Å². The molecular formula is C18H21NO2. The van der Waals surface area contributed by atoms with Gasteiger partial charge in [0.2, 0.25) is 0 Å². The number of benzene rings is 2. The van der Waals surface area contributed by atoms with Crippen molar-refractivity contribution in [3.63, 3.8) is 0 Å². The molecule has 0 amide bonds. The molecule has 0 N–H and O–H groups in total. The summed E-state index contributed by atoms with van der Waals surface area (Å²) in [6.07, 6.45) is 0.318. The topological polar surface area (TPSA) is 29.5 Å². The number of hydrogen-bond donors (Lipinski definition) is 0. The summed E-state index contributed by atoms with van der Waals surface area (Å²) in [4.78, 5) is 13.8. The highest BCUT2D eigenvalue weighted by Crippen LogP contribution is 2.19. The van der Waals surface area contributed by atoms with Crippen LogP contribution in [0.1, 0.15) is 18.1 Å². The van der Waals surface area contributed by atoms with Crippen LogP contribution in [-0.2, 0) is 22.5 Å². The minimum Gasteiger partial charge on any atom is -0.469 e. The number of rotatable bonds is 6. The maximum atomic E-state index is 11.5. The number of methoxy groups -OCH3 is 1. The van der Waals surface area contributed by atoms with Crippen molar-refractivity contribution in [1.29, 1.82) is 0 Å². The van der Waals surface area contributed by atoms with Gasteiger partial charge in [0, 0.05) is 18.8 Å². The molecule has 0 unspecified atom stereocenters. The summed E-state index contributed by atoms with van der Waals surface area (Å²) in [6, 6.07) is 18.3. The molecule has 2 aromatic rings. The molecule has 0 heterocycles. The first-order valence-electron chi connectivity index (χ1n) is 7.18. The van der Waals surface area contributed by atoms with Crippen molar-refractivity contribution in [3.05, 3.63) is 65.7 Å². The molecule has 0 saturated heterocycles. The van der Waals surface area contributed by atoms with E-state index in [1.807, 2.05) is 36.4 Å². The summed E-state index contributed by atoms with van der Waals surface area (Å²) in [6.45, 7) is 3.83. The summed E-state index contributed by atoms with van der Waals surface area (Å²) >= 11 is 0. The number of hydrogen-bond acceptors (Lipinski definition) is 3. The Morgan fingerprint density at radius 2 is 1.62 bits per heavy atom. The lowest BCUT2D eigenvalue weighted by Crippen LogP contribution is -2.23. The Morgan fingerprint density at radius 1 is 1.00 bits per heavy atom. The Kier molecular flexibility index (Phi) is 5.38. The first-order chi connectivity index (χ1) is 10.2. The molecule has 110 valence electrons. The minimum atomic E-state index is -0.204. The van der Waals surface area contributed by atoms with Crippen molar-refractivity contribution in [2.75, 3.05) is 18.6 Å². The predicted molar refractivity (Wildman–Crippen MR) is 85.3 cm³/mol. The summed E-state index contributed by atoms with van der Waals surface area (Å²) in [5, 5.41) is 0. The summed E-state index contributed by atoms with van der Waals surface area (Å²) in [7, 11) is 1.42. The number of anilines is 1. The quantitative estimate of drug-likeness (QED) is 0.761. The molecule has 0 atom stereocenters. The molecule has 0 saturated carbocycles. The van der Waals surface area contributed by atoms with Crippen molar-refractivity contribution >= 4 is 11.7 Å². The predicted octanol–water partition coefficient (Wildman–Crippen LogP) is 3.43. The maximum Gasteiger partial charge on any atom is 0.309 e. The Labute approximate surface area is 126 Å². The molecule has 0 bridgehead atoms. The number of ether oxygens (including phenoxy) is 1. The van der Waals surface area contributed by atoms with E-state index in [-0.39, 0.29) is 5.97 Å². The lowest BCUT2D eigenvalue weighted by atomic mass is 10.0. The molecule has 0 fully saturated rings. The number of para-hydroxylation sites is 1. The molecule has 21 heavy (non-hydrogen) atoms. The summed E-state index contributed by atoms with van der Waals surface area (Å²) < 4.78 is 4.77. The maximum absolute atomic E-state index is 11.5. The number of nitrogens with zero attached hydrogens (tertiary/aromatic N) is 1. The van der Waals surface area contributed by atoms with E-state index < -0.39 is 0 Å². The number of carbonyl (C=O) groups excluding carboxylic acids is 1. The fraction of sp³-hybridized carbons (Fsp3) is 0.278. The van der Waals surface area contributed by atoms with Gasteiger partial charge in [0.25, 0.3) is 0 Å². The molecule has 0 spiro atoms. The van der Waals surface area contributed by atoms with Crippen LogP contribution in [0, 0.1) is 0 Å². The normalized spacial score (nSPS) is 10.2. The average Bonchev–Trinajstić information content (AvgIpc) is 2.54. The molecule has 0 aliphatic carbocycles. The Balaban J connectivity index is 2.20. The highest BCUT2D eigenvalue weighted by molar-refractivity contribution is 5.73. The van der Waals surface area contributed by atoms with E-state index in [0.717, 1.165) is 24.2 Å². The third kappa shape index (κ3) is 4.09. The van der Waals surface area contributed by atoms with Gasteiger partial charge in [0.05, 0.1) is 13.5 Å². The Hall–Kier alpha value is -2.29. The van der Waals surface area contributed by atoms with Gasteiger partial charge in [-0.1, -0.05) is 42.5 Å². The van der Waals surface area contributed by atoms with Crippen LogP contribution in [0.5, 0.6) is 0 Å². The molecule has 0 radical (unpaired) electrons. The van der Waals surface area contributed by atoms with E-state index in [0.29, 0.717) is 6.42 Å². The van der Waals surface area contributed by atoms with Gasteiger partial charge in [-0.05, 0) is 30.2 Å². The standard InChI is InChI=1S/C18H21NO2/c1-3-19(17-11-5-4-6-12-17)14-16-10-8-7-9-15(16)13-18(20)21-2/h4-12H,3,13-14H2,1-2H3. The van der Waals surface area contributed by atoms with Crippen molar-refractivity contribution in [2.45, 2.75) is 19.9 Å². The largest absolute Gasteiger partial charge is 0.469 e. The van der Waals surface area contributed by atoms with Crippen molar-refractivity contribution in [3.8, 4) is 0 Å². The van der Waals surface area contributed by atoms with Gasteiger partial charge in [-0.2, -0.15) is 0 Å². The van der Waals surface area contributed by atoms with E-state index in [1.165, 1.54) is 12.8 Å². The lowest BCUT2D eigenvalue weighted by molar-refractivity contribution is -0.139. The molecule has 3 heteroatoms. The fourth-order valence-corrected chi connectivity index (χ4v) is 2.34. The van der Waals surface area contributed by atoms with Gasteiger partial charge in [-0.15, -0.1) is 0 Å². The van der Waals surface area contributed by atoms with E-state index in [2.05, 4.69) is 30.0 Å². The molecule has 2 aromatic carbocycles. The van der Waals surface area contributed by atoms with E-state index in [4.69, 9.17) is 4.74 Å². The van der Waals surface area contributed by atoms with Crippen molar-refractivity contribution in [1.82, 2.24) is 0 Å². The van der Waals surface area contributed by atoms with Crippen LogP contribution < -0.4 is 4.90 Å². The van der Waals surface area contributed by atoms with E-state index in [1.54, 1.807) is 0 Å². The fourth-order valence-electron chi connectivity index (χ4n) is 2.34. The Morgan fingerprint density at radius 3 is 2.24 bits per heavy atom. The lowest BCUT2D eigenvalue weighted by Gasteiger charge is -2.24. The van der Waals surface area contributed by atoms with Crippen LogP contribution >= 0.6 is 0 Å². The highest BCUT2D eigenvalue weighted by Gasteiger charge is 2.11. The Bertz CT molecular complexity index is 581. The van der Waals surface area contributed by atoms with Crippen LogP contribution in [-0.4, -0.2) is 19.6 Å². The van der Waals surface area contributed by atoms with Gasteiger partial charge in [-0.3, -0.25) is 4.79 Å². The minimum absolute atomic E-state index is 0.204. The number of esters is 1. The zero-order chi connectivity index (χ0) is 15.1. The molecule has 0 aliphatic heterocycles. The SMILES string of the molecule is CCN(Cc1ccccc1CC(=O)OC)c1ccccc1. The average molecular weight is 283 g/mol. The summed E-state index contributed by atoms with van der Waals surface area (Å²) in [5.41, 5.74) is 3.38. The first kappa shape index (κ1) is 15.1. The molecule has 0 aromatic heterocycles. The van der Waals surface area contributed by atoms with Crippen LogP contribution in [0.25, 0.3) is 0 Å². The van der Waals surface area contributed by atoms with Crippen LogP contribution in [0.2, 0.25) is 0 Å². The smallest absolute Gasteiger partial charge is 0.309 e. The molecule has 2 rings (SSSR count). The third-order valence-corrected chi connectivity index (χ3v) is 3.55. The molecular weight excluding hydrogens is 262 g/mol. The summed E-state index contributed by atoms with van der Waals surface area (Å²) in [5.74, 6) is -0.204. The highest BCUT2D eigenvalue weighted by atomic mass is 16.5. The van der Waals surface area contributed by atoms with Gasteiger partial charge in [0.1, 0.15) is 0 Å². The van der Waals surface area contributed by atoms with Crippen molar-refractivity contribution < 1.29 is 9.53 Å². The van der Waals surface area contributed by atoms with Crippen LogP contribution in [0.15, 0.2) is 54.6 Å². The number of carbonyl (C=O) groups is 1.